The summed E-state index contributed by atoms with van der Waals surface area (Å²) >= 11 is 6.32. The Labute approximate surface area is 193 Å². The molecule has 172 valence electrons. The van der Waals surface area contributed by atoms with Gasteiger partial charge in [0.1, 0.15) is 0 Å². The molecule has 5 saturated carbocycles. The summed E-state index contributed by atoms with van der Waals surface area (Å²) in [5, 5.41) is 3.52. The van der Waals surface area contributed by atoms with Crippen LogP contribution in [-0.2, 0) is 4.79 Å². The molecule has 0 saturated heterocycles. The molecule has 0 aromatic rings. The van der Waals surface area contributed by atoms with E-state index in [0.717, 1.165) is 64.3 Å². The fourth-order valence-corrected chi connectivity index (χ4v) is 8.47. The van der Waals surface area contributed by atoms with Gasteiger partial charge in [0.2, 0.25) is 5.91 Å². The summed E-state index contributed by atoms with van der Waals surface area (Å²) < 4.78 is 0. The van der Waals surface area contributed by atoms with E-state index >= 15 is 0 Å². The highest BCUT2D eigenvalue weighted by molar-refractivity contribution is 6.17. The van der Waals surface area contributed by atoms with Crippen molar-refractivity contribution in [2.45, 2.75) is 83.6 Å². The highest BCUT2D eigenvalue weighted by atomic mass is 35.5. The second-order valence-electron chi connectivity index (χ2n) is 11.3. The Morgan fingerprint density at radius 3 is 2.48 bits per heavy atom. The van der Waals surface area contributed by atoms with E-state index in [2.05, 4.69) is 30.1 Å². The molecule has 3 N–H and O–H groups in total. The van der Waals surface area contributed by atoms with Gasteiger partial charge in [0.15, 0.2) is 0 Å². The number of carbonyl (C=O) groups is 1. The number of halogens is 1. The molecule has 0 radical (unpaired) electrons. The first-order valence-corrected chi connectivity index (χ1v) is 13.0. The van der Waals surface area contributed by atoms with Crippen molar-refractivity contribution in [3.63, 3.8) is 0 Å². The van der Waals surface area contributed by atoms with Crippen molar-refractivity contribution < 1.29 is 4.79 Å². The predicted octanol–water partition coefficient (Wildman–Crippen LogP) is 5.89. The minimum absolute atomic E-state index is 0.0537. The van der Waals surface area contributed by atoms with Gasteiger partial charge >= 0.3 is 0 Å². The van der Waals surface area contributed by atoms with E-state index in [1.807, 2.05) is 13.0 Å². The minimum Gasteiger partial charge on any atom is -0.353 e. The summed E-state index contributed by atoms with van der Waals surface area (Å²) in [4.78, 5) is 13.9. The lowest BCUT2D eigenvalue weighted by atomic mass is 9.37. The van der Waals surface area contributed by atoms with Gasteiger partial charge < -0.3 is 11.1 Å². The molecule has 0 heterocycles. The normalized spacial score (nSPS) is 41.8. The third-order valence-electron chi connectivity index (χ3n) is 9.09. The smallest absolute Gasteiger partial charge is 0.226 e. The molecule has 5 fully saturated rings. The van der Waals surface area contributed by atoms with E-state index < -0.39 is 0 Å². The molecule has 0 aromatic carbocycles. The van der Waals surface area contributed by atoms with Gasteiger partial charge in [0, 0.05) is 11.9 Å². The molecule has 31 heavy (non-hydrogen) atoms. The average molecular weight is 445 g/mol. The molecule has 0 aliphatic heterocycles. The molecule has 4 bridgehead atoms. The van der Waals surface area contributed by atoms with Crippen LogP contribution in [0, 0.1) is 28.1 Å². The van der Waals surface area contributed by atoms with E-state index in [4.69, 9.17) is 17.3 Å². The Hall–Kier alpha value is -1.06. The second-order valence-corrected chi connectivity index (χ2v) is 11.7. The predicted molar refractivity (Wildman–Crippen MR) is 130 cm³/mol. The van der Waals surface area contributed by atoms with Crippen LogP contribution in [0.2, 0.25) is 0 Å². The quantitative estimate of drug-likeness (QED) is 0.362. The number of allylic oxidation sites excluding steroid dienone is 5. The van der Waals surface area contributed by atoms with Crippen LogP contribution in [0.3, 0.4) is 0 Å². The topological polar surface area (TPSA) is 55.1 Å². The maximum absolute atomic E-state index is 13.9. The minimum atomic E-state index is -0.242. The molecule has 5 aliphatic carbocycles. The van der Waals surface area contributed by atoms with Crippen molar-refractivity contribution in [3.8, 4) is 0 Å². The van der Waals surface area contributed by atoms with Crippen LogP contribution in [-0.4, -0.2) is 24.4 Å². The number of hydrogen-bond acceptors (Lipinski definition) is 2. The Balaban J connectivity index is 1.57. The molecule has 5 rings (SSSR count). The molecular formula is C27H41ClN2O. The molecule has 1 amide bonds. The Bertz CT molecular complexity index is 752. The molecule has 5 aliphatic rings. The first-order valence-electron chi connectivity index (χ1n) is 12.4. The molecule has 2 unspecified atom stereocenters. The van der Waals surface area contributed by atoms with Crippen molar-refractivity contribution in [1.82, 2.24) is 5.32 Å². The van der Waals surface area contributed by atoms with Crippen molar-refractivity contribution >= 4 is 17.5 Å². The Kier molecular flexibility index (Phi) is 6.75. The van der Waals surface area contributed by atoms with Crippen molar-refractivity contribution in [1.29, 1.82) is 0 Å². The van der Waals surface area contributed by atoms with E-state index in [1.165, 1.54) is 18.4 Å². The van der Waals surface area contributed by atoms with E-state index in [0.29, 0.717) is 29.7 Å². The third kappa shape index (κ3) is 4.42. The molecule has 0 spiro atoms. The van der Waals surface area contributed by atoms with Crippen LogP contribution in [0.1, 0.15) is 77.6 Å². The van der Waals surface area contributed by atoms with Gasteiger partial charge in [-0.15, -0.1) is 11.6 Å². The summed E-state index contributed by atoms with van der Waals surface area (Å²) in [6.45, 7) is 7.35. The van der Waals surface area contributed by atoms with E-state index in [9.17, 15) is 4.79 Å². The summed E-state index contributed by atoms with van der Waals surface area (Å²) in [5.74, 6) is 2.26. The molecule has 3 nitrogen and oxygen atoms in total. The van der Waals surface area contributed by atoms with Crippen LogP contribution >= 0.6 is 11.6 Å². The van der Waals surface area contributed by atoms with Crippen molar-refractivity contribution in [2.75, 3.05) is 12.4 Å². The van der Waals surface area contributed by atoms with Crippen LogP contribution in [0.25, 0.3) is 0 Å². The van der Waals surface area contributed by atoms with Crippen molar-refractivity contribution in [2.24, 2.45) is 33.8 Å². The van der Waals surface area contributed by atoms with Gasteiger partial charge in [-0.1, -0.05) is 30.9 Å². The SMILES string of the molecule is C=C(/C=C\C=C/C)[C@]12CC3CC(C(=O)N[C@H]4CC[C@@H](CN)CC4)(C[C@](CCCl)(C3)C1)C2. The number of nitrogens with two attached hydrogens (primary N) is 1. The zero-order chi connectivity index (χ0) is 22.1. The zero-order valence-corrected chi connectivity index (χ0v) is 20.1. The van der Waals surface area contributed by atoms with Crippen LogP contribution in [0.15, 0.2) is 36.5 Å². The number of alkyl halides is 1. The summed E-state index contributed by atoms with van der Waals surface area (Å²) in [6.07, 6.45) is 20.5. The molecule has 4 heteroatoms. The summed E-state index contributed by atoms with van der Waals surface area (Å²) in [6, 6.07) is 0.320. The molecule has 4 atom stereocenters. The van der Waals surface area contributed by atoms with Crippen LogP contribution < -0.4 is 11.1 Å². The standard InChI is InChI=1S/C27H41ClN2O/c1-3-4-5-6-20(2)26-14-22-13-25(17-26,11-12-28)18-27(15-22,19-26)24(31)30-23-9-7-21(16-29)8-10-23/h3-6,21-23H,2,7-19,29H2,1H3,(H,30,31)/b4-3-,6-5-/t21-,22?,23+,25-,26-,27?/m1/s1. The fourth-order valence-electron chi connectivity index (χ4n) is 8.07. The average Bonchev–Trinajstić information content (AvgIpc) is 2.73. The Morgan fingerprint density at radius 2 is 1.81 bits per heavy atom. The number of rotatable bonds is 8. The molecular weight excluding hydrogens is 404 g/mol. The van der Waals surface area contributed by atoms with Gasteiger partial charge in [0.25, 0.3) is 0 Å². The maximum Gasteiger partial charge on any atom is 0.226 e. The highest BCUT2D eigenvalue weighted by Gasteiger charge is 2.65. The first-order chi connectivity index (χ1) is 14.9. The summed E-state index contributed by atoms with van der Waals surface area (Å²) in [7, 11) is 0. The lowest BCUT2D eigenvalue weighted by molar-refractivity contribution is -0.170. The number of nitrogens with one attached hydrogen (secondary N) is 1. The maximum atomic E-state index is 13.9. The summed E-state index contributed by atoms with van der Waals surface area (Å²) in [5.41, 5.74) is 7.10. The second kappa shape index (κ2) is 9.06. The first kappa shape index (κ1) is 23.1. The number of carbonyl (C=O) groups excluding carboxylic acids is 1. The van der Waals surface area contributed by atoms with Gasteiger partial charge in [0.05, 0.1) is 5.41 Å². The van der Waals surface area contributed by atoms with Gasteiger partial charge in [-0.2, -0.15) is 0 Å². The lowest BCUT2D eigenvalue weighted by Crippen LogP contribution is -2.62. The fraction of sp³-hybridized carbons (Fsp3) is 0.741. The van der Waals surface area contributed by atoms with Crippen LogP contribution in [0.5, 0.6) is 0 Å². The van der Waals surface area contributed by atoms with Gasteiger partial charge in [-0.3, -0.25) is 4.79 Å². The van der Waals surface area contributed by atoms with Gasteiger partial charge in [-0.05, 0) is 112 Å². The number of amides is 1. The third-order valence-corrected chi connectivity index (χ3v) is 9.28. The highest BCUT2D eigenvalue weighted by Crippen LogP contribution is 2.72. The van der Waals surface area contributed by atoms with E-state index in [-0.39, 0.29) is 16.2 Å². The van der Waals surface area contributed by atoms with E-state index in [1.54, 1.807) is 0 Å². The molecule has 0 aromatic heterocycles. The largest absolute Gasteiger partial charge is 0.353 e. The number of hydrogen-bond donors (Lipinski definition) is 2. The Morgan fingerprint density at radius 1 is 1.10 bits per heavy atom. The van der Waals surface area contributed by atoms with Gasteiger partial charge in [-0.25, -0.2) is 0 Å². The van der Waals surface area contributed by atoms with Crippen LogP contribution in [0.4, 0.5) is 0 Å². The van der Waals surface area contributed by atoms with Crippen molar-refractivity contribution in [3.05, 3.63) is 36.5 Å². The zero-order valence-electron chi connectivity index (χ0n) is 19.3. The monoisotopic (exact) mass is 444 g/mol. The lowest BCUT2D eigenvalue weighted by Gasteiger charge is -2.66.